The smallest absolute Gasteiger partial charge is 0.320 e. The van der Waals surface area contributed by atoms with E-state index in [1.165, 1.54) is 10.4 Å². The van der Waals surface area contributed by atoms with E-state index in [0.29, 0.717) is 36.1 Å². The Labute approximate surface area is 238 Å². The predicted molar refractivity (Wildman–Crippen MR) is 153 cm³/mol. The van der Waals surface area contributed by atoms with Gasteiger partial charge in [0.1, 0.15) is 35.5 Å². The second-order valence-corrected chi connectivity index (χ2v) is 14.2. The first-order valence-electron chi connectivity index (χ1n) is 14.9. The molecule has 2 aromatic heterocycles. The number of rotatable bonds is 5. The van der Waals surface area contributed by atoms with Crippen molar-refractivity contribution in [1.29, 1.82) is 5.26 Å². The van der Waals surface area contributed by atoms with Crippen molar-refractivity contribution in [1.82, 2.24) is 20.2 Å². The molecule has 8 rings (SSSR count). The van der Waals surface area contributed by atoms with Crippen LogP contribution in [0.5, 0.6) is 6.01 Å². The number of thiophene rings is 1. The highest BCUT2D eigenvalue weighted by Gasteiger charge is 2.52. The van der Waals surface area contributed by atoms with Gasteiger partial charge < -0.3 is 25.6 Å². The van der Waals surface area contributed by atoms with E-state index in [0.717, 1.165) is 95.9 Å². The van der Waals surface area contributed by atoms with E-state index >= 15 is 0 Å². The molecule has 5 fully saturated rings. The minimum absolute atomic E-state index is 0.0461. The SMILES string of the molecule is N#Cc1c(N)sc2c1C1(CCC2)CN(c2cc(N3CC[C@@]34CCNC4)nc(OC[C@@]34CCCN3C[C@H](F)C4)n2)C1. The summed E-state index contributed by atoms with van der Waals surface area (Å²) in [4.78, 5) is 18.2. The fourth-order valence-electron chi connectivity index (χ4n) is 8.71. The molecule has 7 heterocycles. The topological polar surface area (TPSA) is 107 Å². The van der Waals surface area contributed by atoms with E-state index in [1.807, 2.05) is 0 Å². The number of halogens is 1. The number of anilines is 3. The Bertz CT molecular complexity index is 1380. The van der Waals surface area contributed by atoms with E-state index in [-0.39, 0.29) is 16.5 Å². The van der Waals surface area contributed by atoms with Gasteiger partial charge in [0.15, 0.2) is 0 Å². The van der Waals surface area contributed by atoms with Gasteiger partial charge in [0.25, 0.3) is 0 Å². The second kappa shape index (κ2) is 8.91. The first kappa shape index (κ1) is 25.1. The van der Waals surface area contributed by atoms with E-state index in [4.69, 9.17) is 20.4 Å². The monoisotopic (exact) mass is 564 g/mol. The lowest BCUT2D eigenvalue weighted by Gasteiger charge is -2.54. The van der Waals surface area contributed by atoms with E-state index in [2.05, 4.69) is 32.2 Å². The molecule has 40 heavy (non-hydrogen) atoms. The maximum absolute atomic E-state index is 14.4. The van der Waals surface area contributed by atoms with Crippen molar-refractivity contribution in [2.75, 3.05) is 68.0 Å². The summed E-state index contributed by atoms with van der Waals surface area (Å²) < 4.78 is 20.8. The summed E-state index contributed by atoms with van der Waals surface area (Å²) in [5.74, 6) is 1.80. The number of nitrogens with zero attached hydrogens (tertiary/aromatic N) is 6. The average molecular weight is 565 g/mol. The Morgan fingerprint density at radius 1 is 1.18 bits per heavy atom. The number of nitrogen functional groups attached to an aromatic ring is 1. The zero-order valence-corrected chi connectivity index (χ0v) is 23.7. The van der Waals surface area contributed by atoms with Crippen LogP contribution < -0.4 is 25.6 Å². The summed E-state index contributed by atoms with van der Waals surface area (Å²) in [6.07, 6.45) is 7.25. The van der Waals surface area contributed by atoms with Crippen LogP contribution in [0.3, 0.4) is 0 Å². The Morgan fingerprint density at radius 2 is 2.05 bits per heavy atom. The van der Waals surface area contributed by atoms with Gasteiger partial charge >= 0.3 is 6.01 Å². The van der Waals surface area contributed by atoms with Crippen molar-refractivity contribution in [2.45, 2.75) is 74.0 Å². The maximum Gasteiger partial charge on any atom is 0.320 e. The van der Waals surface area contributed by atoms with Crippen molar-refractivity contribution in [3.63, 3.8) is 0 Å². The first-order chi connectivity index (χ1) is 19.4. The second-order valence-electron chi connectivity index (χ2n) is 13.0. The number of ether oxygens (including phenoxy) is 1. The van der Waals surface area contributed by atoms with Gasteiger partial charge in [0.2, 0.25) is 0 Å². The number of nitriles is 1. The molecule has 0 bridgehead atoms. The van der Waals surface area contributed by atoms with Gasteiger partial charge in [-0.2, -0.15) is 15.2 Å². The molecule has 5 aliphatic heterocycles. The number of alkyl halides is 1. The van der Waals surface area contributed by atoms with Crippen molar-refractivity contribution in [3.8, 4) is 12.1 Å². The predicted octanol–water partition coefficient (Wildman–Crippen LogP) is 2.98. The lowest BCUT2D eigenvalue weighted by Crippen LogP contribution is -2.62. The van der Waals surface area contributed by atoms with Crippen molar-refractivity contribution < 1.29 is 9.13 Å². The average Bonchev–Trinajstić information content (AvgIpc) is 3.67. The number of nitrogens with one attached hydrogen (secondary N) is 1. The molecular formula is C29H37FN8OS. The zero-order chi connectivity index (χ0) is 27.1. The van der Waals surface area contributed by atoms with Gasteiger partial charge in [-0.05, 0) is 63.6 Å². The van der Waals surface area contributed by atoms with Crippen LogP contribution in [0.4, 0.5) is 21.0 Å². The van der Waals surface area contributed by atoms with Crippen LogP contribution in [-0.4, -0.2) is 84.5 Å². The molecule has 9 nitrogen and oxygen atoms in total. The minimum atomic E-state index is -0.787. The lowest BCUT2D eigenvalue weighted by atomic mass is 9.66. The van der Waals surface area contributed by atoms with Crippen LogP contribution in [0.25, 0.3) is 0 Å². The van der Waals surface area contributed by atoms with Gasteiger partial charge in [-0.3, -0.25) is 4.90 Å². The molecule has 0 amide bonds. The van der Waals surface area contributed by atoms with Gasteiger partial charge in [-0.25, -0.2) is 4.39 Å². The number of aromatic nitrogens is 2. The highest BCUT2D eigenvalue weighted by atomic mass is 32.1. The number of hydrogen-bond donors (Lipinski definition) is 2. The molecule has 11 heteroatoms. The molecule has 6 aliphatic rings. The van der Waals surface area contributed by atoms with Gasteiger partial charge in [-0.15, -0.1) is 11.3 Å². The maximum atomic E-state index is 14.4. The number of fused-ring (bicyclic) bond motifs is 3. The normalized spacial score (nSPS) is 32.1. The third-order valence-electron chi connectivity index (χ3n) is 10.8. The van der Waals surface area contributed by atoms with E-state index in [9.17, 15) is 9.65 Å². The summed E-state index contributed by atoms with van der Waals surface area (Å²) in [6, 6.07) is 4.92. The lowest BCUT2D eigenvalue weighted by molar-refractivity contribution is 0.107. The molecule has 0 radical (unpaired) electrons. The Hall–Kier alpha value is -2.68. The van der Waals surface area contributed by atoms with Gasteiger partial charge in [0.05, 0.1) is 16.6 Å². The van der Waals surface area contributed by atoms with Crippen molar-refractivity contribution in [3.05, 3.63) is 22.1 Å². The Balaban J connectivity index is 1.09. The first-order valence-corrected chi connectivity index (χ1v) is 15.7. The highest BCUT2D eigenvalue weighted by molar-refractivity contribution is 7.16. The fourth-order valence-corrected chi connectivity index (χ4v) is 9.89. The molecule has 0 unspecified atom stereocenters. The zero-order valence-electron chi connectivity index (χ0n) is 22.9. The third-order valence-corrected chi connectivity index (χ3v) is 11.9. The standard InChI is InChI=1S/C29H37FN8OS/c30-19-12-29(5-2-9-37(29)14-19)18-39-26-34-22(11-23(35-26)38-10-7-28(38)6-8-33-15-28)36-16-27(17-36)4-1-3-21-24(27)20(13-31)25(32)40-21/h11,19,33H,1-10,12,14-18,32H2/t19-,28-,29+/m1/s1. The number of hydrogen-bond acceptors (Lipinski definition) is 10. The molecule has 2 spiro atoms. The molecule has 3 N–H and O–H groups in total. The largest absolute Gasteiger partial charge is 0.461 e. The third kappa shape index (κ3) is 3.61. The van der Waals surface area contributed by atoms with Crippen LogP contribution in [0, 0.1) is 11.3 Å². The number of aryl methyl sites for hydroxylation is 1. The number of nitrogens with two attached hydrogens (primary N) is 1. The quantitative estimate of drug-likeness (QED) is 0.567. The van der Waals surface area contributed by atoms with Crippen LogP contribution in [0.15, 0.2) is 6.07 Å². The molecule has 3 atom stereocenters. The van der Waals surface area contributed by atoms with E-state index in [1.54, 1.807) is 11.3 Å². The van der Waals surface area contributed by atoms with Crippen molar-refractivity contribution in [2.24, 2.45) is 0 Å². The summed E-state index contributed by atoms with van der Waals surface area (Å²) in [5.41, 5.74) is 7.98. The summed E-state index contributed by atoms with van der Waals surface area (Å²) >= 11 is 1.59. The highest BCUT2D eigenvalue weighted by Crippen LogP contribution is 2.51. The van der Waals surface area contributed by atoms with Crippen LogP contribution in [-0.2, 0) is 11.8 Å². The molecule has 0 aromatic carbocycles. The van der Waals surface area contributed by atoms with Crippen LogP contribution in [0.1, 0.15) is 60.9 Å². The summed E-state index contributed by atoms with van der Waals surface area (Å²) in [7, 11) is 0. The van der Waals surface area contributed by atoms with Gasteiger partial charge in [0, 0.05) is 55.5 Å². The minimum Gasteiger partial charge on any atom is -0.461 e. The van der Waals surface area contributed by atoms with Crippen LogP contribution >= 0.6 is 11.3 Å². The molecule has 2 aromatic rings. The molecular weight excluding hydrogens is 527 g/mol. The molecule has 212 valence electrons. The van der Waals surface area contributed by atoms with E-state index < -0.39 is 6.17 Å². The molecule has 5 saturated heterocycles. The summed E-state index contributed by atoms with van der Waals surface area (Å²) in [6.45, 7) is 6.49. The fraction of sp³-hybridized carbons (Fsp3) is 0.690. The molecule has 0 saturated carbocycles. The summed E-state index contributed by atoms with van der Waals surface area (Å²) in [5, 5.41) is 14.1. The van der Waals surface area contributed by atoms with Crippen molar-refractivity contribution >= 4 is 28.0 Å². The molecule has 1 aliphatic carbocycles. The Morgan fingerprint density at radius 3 is 2.83 bits per heavy atom. The van der Waals surface area contributed by atoms with Gasteiger partial charge in [-0.1, -0.05) is 0 Å². The Kier molecular flexibility index (Phi) is 5.58. The van der Waals surface area contributed by atoms with Crippen LogP contribution in [0.2, 0.25) is 0 Å².